The summed E-state index contributed by atoms with van der Waals surface area (Å²) in [4.78, 5) is 3.39. The van der Waals surface area contributed by atoms with Crippen molar-refractivity contribution in [2.75, 3.05) is 19.0 Å². The second kappa shape index (κ2) is 7.43. The first kappa shape index (κ1) is 15.8. The van der Waals surface area contributed by atoms with Crippen molar-refractivity contribution in [2.45, 2.75) is 20.4 Å². The topological polar surface area (TPSA) is 24.5 Å². The van der Waals surface area contributed by atoms with Crippen LogP contribution in [0.15, 0.2) is 35.7 Å². The van der Waals surface area contributed by atoms with Crippen LogP contribution in [0.4, 0.5) is 5.69 Å². The zero-order valence-electron chi connectivity index (χ0n) is 12.6. The minimum Gasteiger partial charge on any atom is -0.494 e. The summed E-state index contributed by atoms with van der Waals surface area (Å²) in [7, 11) is 2.00. The van der Waals surface area contributed by atoms with Crippen LogP contribution < -0.4 is 10.1 Å². The lowest BCUT2D eigenvalue weighted by atomic mass is 10.3. The van der Waals surface area contributed by atoms with Crippen LogP contribution in [-0.2, 0) is 6.54 Å². The number of thiophene rings is 1. The van der Waals surface area contributed by atoms with E-state index >= 15 is 0 Å². The number of rotatable bonds is 5. The van der Waals surface area contributed by atoms with Crippen molar-refractivity contribution < 1.29 is 4.74 Å². The average Bonchev–Trinajstić information content (AvgIpc) is 2.86. The Kier molecular flexibility index (Phi) is 5.59. The molecular weight excluding hydrogens is 300 g/mol. The van der Waals surface area contributed by atoms with Gasteiger partial charge in [-0.15, -0.1) is 11.3 Å². The van der Waals surface area contributed by atoms with E-state index in [-0.39, 0.29) is 0 Å². The second-order valence-electron chi connectivity index (χ2n) is 4.77. The Hall–Kier alpha value is -1.59. The van der Waals surface area contributed by atoms with E-state index in [0.29, 0.717) is 11.7 Å². The van der Waals surface area contributed by atoms with E-state index < -0.39 is 0 Å². The molecule has 0 aliphatic rings. The van der Waals surface area contributed by atoms with Crippen LogP contribution in [0.1, 0.15) is 17.4 Å². The predicted octanol–water partition coefficient (Wildman–Crippen LogP) is 4.28. The van der Waals surface area contributed by atoms with Gasteiger partial charge in [0.05, 0.1) is 13.2 Å². The van der Waals surface area contributed by atoms with Crippen LogP contribution in [0.3, 0.4) is 0 Å². The van der Waals surface area contributed by atoms with E-state index in [9.17, 15) is 0 Å². The first-order valence-electron chi connectivity index (χ1n) is 6.88. The van der Waals surface area contributed by atoms with Gasteiger partial charge in [-0.1, -0.05) is 0 Å². The zero-order valence-corrected chi connectivity index (χ0v) is 14.2. The fraction of sp³-hybridized carbons (Fsp3) is 0.312. The number of aryl methyl sites for hydroxylation is 1. The maximum absolute atomic E-state index is 5.45. The van der Waals surface area contributed by atoms with Gasteiger partial charge in [0.25, 0.3) is 0 Å². The number of hydrogen-bond acceptors (Lipinski definition) is 3. The number of hydrogen-bond donors (Lipinski definition) is 1. The largest absolute Gasteiger partial charge is 0.494 e. The highest BCUT2D eigenvalue weighted by atomic mass is 32.1. The van der Waals surface area contributed by atoms with Crippen LogP contribution in [0.2, 0.25) is 0 Å². The first-order chi connectivity index (χ1) is 10.1. The van der Waals surface area contributed by atoms with Crippen LogP contribution in [0.5, 0.6) is 5.75 Å². The molecule has 0 saturated heterocycles. The second-order valence-corrected chi connectivity index (χ2v) is 6.16. The number of benzene rings is 1. The van der Waals surface area contributed by atoms with Crippen LogP contribution in [0.25, 0.3) is 0 Å². The molecular formula is C16H20N2OS2. The predicted molar refractivity (Wildman–Crippen MR) is 94.4 cm³/mol. The minimum atomic E-state index is 0.675. The molecule has 0 aliphatic carbocycles. The normalized spacial score (nSPS) is 10.2. The maximum Gasteiger partial charge on any atom is 0.173 e. The van der Waals surface area contributed by atoms with E-state index in [1.165, 1.54) is 10.4 Å². The van der Waals surface area contributed by atoms with E-state index in [1.807, 2.05) is 43.1 Å². The average molecular weight is 320 g/mol. The number of anilines is 1. The van der Waals surface area contributed by atoms with Gasteiger partial charge >= 0.3 is 0 Å². The van der Waals surface area contributed by atoms with Crippen molar-refractivity contribution in [1.29, 1.82) is 0 Å². The lowest BCUT2D eigenvalue weighted by Crippen LogP contribution is -2.30. The Bertz CT molecular complexity index is 593. The third kappa shape index (κ3) is 4.44. The Balaban J connectivity index is 1.92. The third-order valence-corrected chi connectivity index (χ3v) is 4.53. The third-order valence-electron chi connectivity index (χ3n) is 3.11. The molecule has 2 rings (SSSR count). The van der Waals surface area contributed by atoms with Gasteiger partial charge < -0.3 is 15.0 Å². The summed E-state index contributed by atoms with van der Waals surface area (Å²) < 4.78 is 5.43. The van der Waals surface area contributed by atoms with Gasteiger partial charge in [0.1, 0.15) is 5.75 Å². The molecule has 3 nitrogen and oxygen atoms in total. The summed E-state index contributed by atoms with van der Waals surface area (Å²) in [6, 6.07) is 9.97. The fourth-order valence-corrected chi connectivity index (χ4v) is 3.01. The molecule has 0 amide bonds. The molecule has 21 heavy (non-hydrogen) atoms. The van der Waals surface area contributed by atoms with Crippen molar-refractivity contribution in [1.82, 2.24) is 4.90 Å². The van der Waals surface area contributed by atoms with Gasteiger partial charge in [0.2, 0.25) is 0 Å². The Morgan fingerprint density at radius 3 is 2.57 bits per heavy atom. The number of ether oxygens (including phenoxy) is 1. The Morgan fingerprint density at radius 2 is 2.00 bits per heavy atom. The van der Waals surface area contributed by atoms with Gasteiger partial charge in [-0.2, -0.15) is 0 Å². The number of thiocarbonyl (C=S) groups is 1. The highest BCUT2D eigenvalue weighted by molar-refractivity contribution is 7.80. The lowest BCUT2D eigenvalue weighted by molar-refractivity contribution is 0.340. The molecule has 1 heterocycles. The van der Waals surface area contributed by atoms with Gasteiger partial charge in [-0.3, -0.25) is 0 Å². The molecule has 2 aromatic rings. The standard InChI is InChI=1S/C16H20N2OS2/c1-4-19-14-7-5-13(6-8-14)17-16(20)18(3)11-15-12(2)9-10-21-15/h5-10H,4,11H2,1-3H3,(H,17,20). The lowest BCUT2D eigenvalue weighted by Gasteiger charge is -2.21. The van der Waals surface area contributed by atoms with Crippen molar-refractivity contribution >= 4 is 34.4 Å². The number of nitrogens with one attached hydrogen (secondary N) is 1. The molecule has 1 aromatic carbocycles. The monoisotopic (exact) mass is 320 g/mol. The highest BCUT2D eigenvalue weighted by Crippen LogP contribution is 2.19. The van der Waals surface area contributed by atoms with E-state index in [1.54, 1.807) is 11.3 Å². The molecule has 1 aromatic heterocycles. The molecule has 0 saturated carbocycles. The van der Waals surface area contributed by atoms with E-state index in [0.717, 1.165) is 18.0 Å². The molecule has 5 heteroatoms. The smallest absolute Gasteiger partial charge is 0.173 e. The highest BCUT2D eigenvalue weighted by Gasteiger charge is 2.08. The SMILES string of the molecule is CCOc1ccc(NC(=S)N(C)Cc2sccc2C)cc1. The molecule has 0 atom stereocenters. The quantitative estimate of drug-likeness (QED) is 0.831. The van der Waals surface area contributed by atoms with Crippen molar-refractivity contribution in [3.05, 3.63) is 46.2 Å². The summed E-state index contributed by atoms with van der Waals surface area (Å²) in [6.07, 6.45) is 0. The summed E-state index contributed by atoms with van der Waals surface area (Å²) >= 11 is 7.21. The molecule has 112 valence electrons. The van der Waals surface area contributed by atoms with Crippen LogP contribution in [-0.4, -0.2) is 23.7 Å². The Morgan fingerprint density at radius 1 is 1.29 bits per heavy atom. The molecule has 0 radical (unpaired) electrons. The summed E-state index contributed by atoms with van der Waals surface area (Å²) in [6.45, 7) is 5.60. The van der Waals surface area contributed by atoms with Crippen molar-refractivity contribution in [3.63, 3.8) is 0 Å². The summed E-state index contributed by atoms with van der Waals surface area (Å²) in [5, 5.41) is 6.08. The van der Waals surface area contributed by atoms with Gasteiger partial charge in [-0.05, 0) is 67.3 Å². The van der Waals surface area contributed by atoms with Crippen molar-refractivity contribution in [2.24, 2.45) is 0 Å². The molecule has 0 bridgehead atoms. The van der Waals surface area contributed by atoms with Crippen LogP contribution >= 0.6 is 23.6 Å². The number of nitrogens with zero attached hydrogens (tertiary/aromatic N) is 1. The zero-order chi connectivity index (χ0) is 15.2. The fourth-order valence-electron chi connectivity index (χ4n) is 1.87. The molecule has 0 spiro atoms. The van der Waals surface area contributed by atoms with E-state index in [4.69, 9.17) is 17.0 Å². The van der Waals surface area contributed by atoms with E-state index in [2.05, 4.69) is 23.7 Å². The minimum absolute atomic E-state index is 0.675. The molecule has 1 N–H and O–H groups in total. The summed E-state index contributed by atoms with van der Waals surface area (Å²) in [5.41, 5.74) is 2.29. The maximum atomic E-state index is 5.45. The van der Waals surface area contributed by atoms with Crippen LogP contribution in [0, 0.1) is 6.92 Å². The van der Waals surface area contributed by atoms with Crippen molar-refractivity contribution in [3.8, 4) is 5.75 Å². The molecule has 0 aliphatic heterocycles. The Labute approximate surface area is 135 Å². The summed E-state index contributed by atoms with van der Waals surface area (Å²) in [5.74, 6) is 0.872. The van der Waals surface area contributed by atoms with Gasteiger partial charge in [0, 0.05) is 17.6 Å². The van der Waals surface area contributed by atoms with Gasteiger partial charge in [-0.25, -0.2) is 0 Å². The molecule has 0 unspecified atom stereocenters. The first-order valence-corrected chi connectivity index (χ1v) is 8.17. The van der Waals surface area contributed by atoms with Gasteiger partial charge in [0.15, 0.2) is 5.11 Å². The molecule has 0 fully saturated rings.